The first-order valence-electron chi connectivity index (χ1n) is 38.0. The van der Waals surface area contributed by atoms with Gasteiger partial charge < -0.3 is 62.2 Å². The molecule has 538 valence electrons. The van der Waals surface area contributed by atoms with E-state index in [1.165, 1.54) is 140 Å². The summed E-state index contributed by atoms with van der Waals surface area (Å²) in [4.78, 5) is 69.4. The molecule has 4 amide bonds. The number of aromatic nitrogens is 4. The van der Waals surface area contributed by atoms with Gasteiger partial charge in [-0.1, -0.05) is 95.1 Å². The molecule has 18 rings (SSSR count). The lowest BCUT2D eigenvalue weighted by Crippen LogP contribution is -2.42. The molecule has 8 aliphatic rings. The molecular formula is C86H104N12O5. The number of morpholine rings is 1. The first-order valence-corrected chi connectivity index (χ1v) is 38.0. The van der Waals surface area contributed by atoms with Gasteiger partial charge in [-0.25, -0.2) is 0 Å². The van der Waals surface area contributed by atoms with Gasteiger partial charge in [0, 0.05) is 197 Å². The third-order valence-corrected chi connectivity index (χ3v) is 23.3. The molecule has 0 radical (unpaired) electrons. The molecule has 4 aromatic heterocycles. The number of carbonyl (C=O) groups is 4. The molecule has 2 fully saturated rings. The molecule has 0 unspecified atom stereocenters. The van der Waals surface area contributed by atoms with E-state index in [1.54, 1.807) is 0 Å². The number of ether oxygens (including phenoxy) is 1. The molecule has 12 heterocycles. The minimum atomic E-state index is 0.206. The van der Waals surface area contributed by atoms with Crippen LogP contribution in [0.5, 0.6) is 0 Å². The molecule has 0 N–H and O–H groups in total. The van der Waals surface area contributed by atoms with Crippen LogP contribution in [0.2, 0.25) is 0 Å². The summed E-state index contributed by atoms with van der Waals surface area (Å²) in [6.45, 7) is 26.1. The van der Waals surface area contributed by atoms with Crippen LogP contribution in [0.15, 0.2) is 121 Å². The normalized spacial score (nSPS) is 17.7. The molecule has 10 aromatic rings. The Morgan fingerprint density at radius 3 is 0.971 bits per heavy atom. The molecule has 8 aliphatic heterocycles. The van der Waals surface area contributed by atoms with Crippen molar-refractivity contribution in [3.8, 4) is 0 Å². The number of piperidine rings is 1. The largest absolute Gasteiger partial charge is 0.378 e. The highest BCUT2D eigenvalue weighted by molar-refractivity contribution is 5.92. The Morgan fingerprint density at radius 1 is 0.311 bits per heavy atom. The highest BCUT2D eigenvalue weighted by Crippen LogP contribution is 2.37. The average Bonchev–Trinajstić information content (AvgIpc) is 1.63. The maximum Gasteiger partial charge on any atom is 0.243 e. The minimum Gasteiger partial charge on any atom is -0.378 e. The SMILES string of the molecule is Cc1ccc2c(c1)c1c(n2CC(=O)N2CCCCC2)CCN(C)C1.Cc1ccc2c(c1)c1c(n2CC(=O)N2CCOCC2)CCN(C)C1.Cc1ccc2c(c1)c1c(n2CC(=O)N2CCc3ccccc3C2)CCN(C)C1.Cc1ccc2c(c1)c1c(n2CC(=O)N2Cc3ccccc3C2)CCN(C)C1. The first-order chi connectivity index (χ1) is 50.0. The van der Waals surface area contributed by atoms with Gasteiger partial charge in [0.2, 0.25) is 23.6 Å². The van der Waals surface area contributed by atoms with E-state index in [1.807, 2.05) is 14.7 Å². The van der Waals surface area contributed by atoms with Gasteiger partial charge in [0.15, 0.2) is 0 Å². The number of benzene rings is 6. The van der Waals surface area contributed by atoms with Crippen LogP contribution in [-0.4, -0.2) is 181 Å². The third-order valence-electron chi connectivity index (χ3n) is 23.3. The topological polar surface area (TPSA) is 123 Å². The molecule has 0 saturated carbocycles. The number of carbonyl (C=O) groups excluding carboxylic acids is 4. The number of fused-ring (bicyclic) bond motifs is 14. The minimum absolute atomic E-state index is 0.206. The monoisotopic (exact) mass is 1380 g/mol. The fraction of sp³-hybridized carbons (Fsp3) is 0.442. The van der Waals surface area contributed by atoms with Gasteiger partial charge in [0.25, 0.3) is 0 Å². The van der Waals surface area contributed by atoms with Crippen LogP contribution >= 0.6 is 0 Å². The zero-order valence-electron chi connectivity index (χ0n) is 62.2. The summed E-state index contributed by atoms with van der Waals surface area (Å²) in [5.41, 5.74) is 26.2. The van der Waals surface area contributed by atoms with Crippen molar-refractivity contribution < 1.29 is 23.9 Å². The molecule has 103 heavy (non-hydrogen) atoms. The second-order valence-corrected chi connectivity index (χ2v) is 30.9. The Labute approximate surface area is 607 Å². The summed E-state index contributed by atoms with van der Waals surface area (Å²) in [6.07, 6.45) is 8.58. The van der Waals surface area contributed by atoms with E-state index in [2.05, 4.69) is 220 Å². The fourth-order valence-electron chi connectivity index (χ4n) is 17.6. The second-order valence-electron chi connectivity index (χ2n) is 30.9. The summed E-state index contributed by atoms with van der Waals surface area (Å²) < 4.78 is 14.5. The fourth-order valence-corrected chi connectivity index (χ4v) is 17.6. The molecule has 17 heteroatoms. The Kier molecular flexibility index (Phi) is 20.4. The van der Waals surface area contributed by atoms with E-state index >= 15 is 0 Å². The number of nitrogens with zero attached hydrogens (tertiary/aromatic N) is 12. The van der Waals surface area contributed by atoms with E-state index in [0.29, 0.717) is 52.5 Å². The number of likely N-dealkylation sites (N-methyl/N-ethyl adjacent to an activating group) is 4. The van der Waals surface area contributed by atoms with Crippen molar-refractivity contribution in [2.24, 2.45) is 0 Å². The van der Waals surface area contributed by atoms with Crippen LogP contribution in [0.3, 0.4) is 0 Å². The lowest BCUT2D eigenvalue weighted by molar-refractivity contribution is -0.136. The van der Waals surface area contributed by atoms with Crippen molar-refractivity contribution in [1.29, 1.82) is 0 Å². The highest BCUT2D eigenvalue weighted by Gasteiger charge is 2.32. The van der Waals surface area contributed by atoms with E-state index in [0.717, 1.165) is 137 Å². The van der Waals surface area contributed by atoms with Crippen LogP contribution < -0.4 is 0 Å². The summed E-state index contributed by atoms with van der Waals surface area (Å²) >= 11 is 0. The number of hydrogen-bond donors (Lipinski definition) is 0. The lowest BCUT2D eigenvalue weighted by Gasteiger charge is -2.30. The average molecular weight is 1390 g/mol. The molecule has 6 aromatic carbocycles. The van der Waals surface area contributed by atoms with Gasteiger partial charge in [-0.15, -0.1) is 0 Å². The van der Waals surface area contributed by atoms with Crippen molar-refractivity contribution in [2.75, 3.05) is 100 Å². The Balaban J connectivity index is 0.000000111. The van der Waals surface area contributed by atoms with Gasteiger partial charge in [-0.05, 0) is 175 Å². The molecule has 0 atom stereocenters. The van der Waals surface area contributed by atoms with Crippen LogP contribution in [0.25, 0.3) is 43.6 Å². The number of likely N-dealkylation sites (tertiary alicyclic amines) is 1. The van der Waals surface area contributed by atoms with E-state index in [-0.39, 0.29) is 23.6 Å². The van der Waals surface area contributed by atoms with Crippen molar-refractivity contribution in [1.82, 2.24) is 57.5 Å². The van der Waals surface area contributed by atoms with Crippen LogP contribution in [0.1, 0.15) is 109 Å². The van der Waals surface area contributed by atoms with Crippen LogP contribution in [-0.2, 0) is 128 Å². The zero-order chi connectivity index (χ0) is 71.2. The summed E-state index contributed by atoms with van der Waals surface area (Å²) in [7, 11) is 8.70. The van der Waals surface area contributed by atoms with Gasteiger partial charge in [0.05, 0.1) is 13.2 Å². The van der Waals surface area contributed by atoms with Gasteiger partial charge in [-0.2, -0.15) is 0 Å². The van der Waals surface area contributed by atoms with Crippen molar-refractivity contribution in [2.45, 2.75) is 151 Å². The van der Waals surface area contributed by atoms with Crippen LogP contribution in [0.4, 0.5) is 0 Å². The number of aryl methyl sites for hydroxylation is 4. The second kappa shape index (κ2) is 30.1. The molecule has 17 nitrogen and oxygen atoms in total. The molecule has 2 saturated heterocycles. The first kappa shape index (κ1) is 69.9. The Hall–Kier alpha value is -8.84. The smallest absolute Gasteiger partial charge is 0.243 e. The number of amides is 4. The highest BCUT2D eigenvalue weighted by atomic mass is 16.5. The maximum atomic E-state index is 13.2. The van der Waals surface area contributed by atoms with Crippen LogP contribution in [0, 0.1) is 27.7 Å². The molecule has 0 bridgehead atoms. The van der Waals surface area contributed by atoms with Gasteiger partial charge in [0.1, 0.15) is 26.2 Å². The summed E-state index contributed by atoms with van der Waals surface area (Å²) in [5, 5.41) is 5.28. The maximum absolute atomic E-state index is 13.2. The van der Waals surface area contributed by atoms with E-state index < -0.39 is 0 Å². The third kappa shape index (κ3) is 14.6. The van der Waals surface area contributed by atoms with E-state index in [9.17, 15) is 19.2 Å². The Bertz CT molecular complexity index is 4710. The predicted molar refractivity (Wildman–Crippen MR) is 411 cm³/mol. The van der Waals surface area contributed by atoms with Crippen molar-refractivity contribution in [3.05, 3.63) is 211 Å². The summed E-state index contributed by atoms with van der Waals surface area (Å²) in [6, 6.07) is 43.4. The van der Waals surface area contributed by atoms with Crippen molar-refractivity contribution in [3.63, 3.8) is 0 Å². The zero-order valence-corrected chi connectivity index (χ0v) is 62.2. The van der Waals surface area contributed by atoms with Gasteiger partial charge in [-0.3, -0.25) is 19.2 Å². The van der Waals surface area contributed by atoms with Crippen molar-refractivity contribution >= 4 is 67.2 Å². The molecule has 0 aliphatic carbocycles. The molecule has 0 spiro atoms. The number of rotatable bonds is 8. The lowest BCUT2D eigenvalue weighted by atomic mass is 10.00. The molecular weight excluding hydrogens is 1280 g/mol. The predicted octanol–water partition coefficient (Wildman–Crippen LogP) is 11.7. The Morgan fingerprint density at radius 2 is 0.612 bits per heavy atom. The van der Waals surface area contributed by atoms with Gasteiger partial charge >= 0.3 is 0 Å². The number of hydrogen-bond acceptors (Lipinski definition) is 9. The van der Waals surface area contributed by atoms with E-state index in [4.69, 9.17) is 4.74 Å². The summed E-state index contributed by atoms with van der Waals surface area (Å²) in [5.74, 6) is 0.936. The quantitative estimate of drug-likeness (QED) is 0.146. The standard InChI is InChI=1S/C24H27N3O.C23H25N3O.C20H27N3O.C19H25N3O2/c1-17-7-8-22-20(13-17)21-15-25(2)11-10-23(21)27(22)16-24(28)26-12-9-18-5-3-4-6-19(18)14-26;1-16-7-8-21-19(11-16)20-14-24(2)10-9-22(20)26(21)15-23(27)25-12-17-5-3-4-6-18(17)13-25;1-15-6-7-18-16(12-15)17-13-21(2)11-8-19(17)23(18)14-20(24)22-9-4-3-5-10-22;1-14-3-4-17-15(11-14)16-12-20(2)6-5-18(16)22(17)13-19(23)21-7-9-24-10-8-21/h3-8,13H,9-12,14-16H2,1-2H3;3-8,11H,9-10,12-15H2,1-2H3;6-7,12H,3-5,8-11,13-14H2,1-2H3;3-4,11H,5-10,12-13H2,1-2H3.